The van der Waals surface area contributed by atoms with E-state index in [2.05, 4.69) is 4.74 Å². The third-order valence-electron chi connectivity index (χ3n) is 2.33. The molecule has 0 bridgehead atoms. The van der Waals surface area contributed by atoms with Gasteiger partial charge in [-0.1, -0.05) is 0 Å². The van der Waals surface area contributed by atoms with Gasteiger partial charge in [0.1, 0.15) is 11.6 Å². The van der Waals surface area contributed by atoms with E-state index in [4.69, 9.17) is 4.74 Å². The SMILES string of the molecule is COC(=O)C(O)c1c(OC)ccc(F)c1C. The normalized spacial score (nSPS) is 12.1. The summed E-state index contributed by atoms with van der Waals surface area (Å²) in [6.07, 6.45) is -1.55. The summed E-state index contributed by atoms with van der Waals surface area (Å²) in [5, 5.41) is 9.69. The lowest BCUT2D eigenvalue weighted by molar-refractivity contribution is -0.150. The molecule has 16 heavy (non-hydrogen) atoms. The zero-order valence-corrected chi connectivity index (χ0v) is 9.28. The fourth-order valence-corrected chi connectivity index (χ4v) is 1.42. The molecule has 0 aliphatic heterocycles. The van der Waals surface area contributed by atoms with Crippen LogP contribution in [0.3, 0.4) is 0 Å². The first-order valence-electron chi connectivity index (χ1n) is 4.61. The van der Waals surface area contributed by atoms with Crippen molar-refractivity contribution in [1.29, 1.82) is 0 Å². The molecule has 1 aromatic carbocycles. The summed E-state index contributed by atoms with van der Waals surface area (Å²) in [7, 11) is 2.52. The van der Waals surface area contributed by atoms with Crippen LogP contribution in [0.1, 0.15) is 17.2 Å². The van der Waals surface area contributed by atoms with Crippen molar-refractivity contribution < 1.29 is 23.8 Å². The summed E-state index contributed by atoms with van der Waals surface area (Å²) in [4.78, 5) is 11.2. The molecular weight excluding hydrogens is 215 g/mol. The summed E-state index contributed by atoms with van der Waals surface area (Å²) in [6, 6.07) is 2.56. The van der Waals surface area contributed by atoms with Crippen molar-refractivity contribution in [3.8, 4) is 5.75 Å². The minimum atomic E-state index is -1.55. The van der Waals surface area contributed by atoms with E-state index in [0.717, 1.165) is 7.11 Å². The van der Waals surface area contributed by atoms with Crippen molar-refractivity contribution in [2.75, 3.05) is 14.2 Å². The van der Waals surface area contributed by atoms with Gasteiger partial charge in [0.05, 0.1) is 14.2 Å². The topological polar surface area (TPSA) is 55.8 Å². The van der Waals surface area contributed by atoms with Crippen LogP contribution in [0.5, 0.6) is 5.75 Å². The molecule has 1 rings (SSSR count). The number of hydrogen-bond donors (Lipinski definition) is 1. The molecule has 0 amide bonds. The van der Waals surface area contributed by atoms with Crippen LogP contribution in [0, 0.1) is 12.7 Å². The highest BCUT2D eigenvalue weighted by Crippen LogP contribution is 2.30. The lowest BCUT2D eigenvalue weighted by Crippen LogP contribution is -2.16. The maximum Gasteiger partial charge on any atom is 0.339 e. The van der Waals surface area contributed by atoms with Crippen molar-refractivity contribution in [1.82, 2.24) is 0 Å². The molecule has 4 nitrogen and oxygen atoms in total. The van der Waals surface area contributed by atoms with Crippen LogP contribution in [0.25, 0.3) is 0 Å². The second-order valence-corrected chi connectivity index (χ2v) is 3.21. The molecule has 88 valence electrons. The molecule has 0 aromatic heterocycles. The third kappa shape index (κ3) is 2.14. The molecule has 0 saturated carbocycles. The average Bonchev–Trinajstić information content (AvgIpc) is 2.30. The van der Waals surface area contributed by atoms with E-state index < -0.39 is 17.9 Å². The van der Waals surface area contributed by atoms with Gasteiger partial charge in [-0.3, -0.25) is 0 Å². The predicted octanol–water partition coefficient (Wildman–Crippen LogP) is 1.35. The highest BCUT2D eigenvalue weighted by atomic mass is 19.1. The van der Waals surface area contributed by atoms with Crippen LogP contribution in [0.2, 0.25) is 0 Å². The smallest absolute Gasteiger partial charge is 0.339 e. The number of rotatable bonds is 3. The molecule has 1 N–H and O–H groups in total. The zero-order chi connectivity index (χ0) is 12.3. The van der Waals surface area contributed by atoms with Gasteiger partial charge in [0.2, 0.25) is 0 Å². The van der Waals surface area contributed by atoms with Crippen molar-refractivity contribution in [3.05, 3.63) is 29.1 Å². The van der Waals surface area contributed by atoms with E-state index in [1.165, 1.54) is 26.2 Å². The summed E-state index contributed by atoms with van der Waals surface area (Å²) < 4.78 is 22.7. The summed E-state index contributed by atoms with van der Waals surface area (Å²) >= 11 is 0. The Labute approximate surface area is 92.6 Å². The van der Waals surface area contributed by atoms with Gasteiger partial charge in [0.15, 0.2) is 6.10 Å². The second kappa shape index (κ2) is 4.94. The van der Waals surface area contributed by atoms with Gasteiger partial charge in [-0.2, -0.15) is 0 Å². The second-order valence-electron chi connectivity index (χ2n) is 3.21. The van der Waals surface area contributed by atoms with Gasteiger partial charge >= 0.3 is 5.97 Å². The van der Waals surface area contributed by atoms with Gasteiger partial charge in [-0.05, 0) is 24.6 Å². The van der Waals surface area contributed by atoms with E-state index in [9.17, 15) is 14.3 Å². The van der Waals surface area contributed by atoms with Crippen LogP contribution >= 0.6 is 0 Å². The van der Waals surface area contributed by atoms with E-state index in [-0.39, 0.29) is 16.9 Å². The average molecular weight is 228 g/mol. The summed E-state index contributed by atoms with van der Waals surface area (Å²) in [5.41, 5.74) is 0.256. The monoisotopic (exact) mass is 228 g/mol. The molecule has 0 spiro atoms. The Morgan fingerprint density at radius 2 is 2.06 bits per heavy atom. The lowest BCUT2D eigenvalue weighted by atomic mass is 10.0. The molecule has 1 atom stereocenters. The van der Waals surface area contributed by atoms with Crippen molar-refractivity contribution in [3.63, 3.8) is 0 Å². The fourth-order valence-electron chi connectivity index (χ4n) is 1.42. The molecule has 5 heteroatoms. The van der Waals surface area contributed by atoms with E-state index >= 15 is 0 Å². The van der Waals surface area contributed by atoms with Crippen molar-refractivity contribution in [2.45, 2.75) is 13.0 Å². The molecule has 0 fully saturated rings. The van der Waals surface area contributed by atoms with Gasteiger partial charge in [0, 0.05) is 5.56 Å². The quantitative estimate of drug-likeness (QED) is 0.793. The molecule has 0 saturated heterocycles. The molecule has 0 aliphatic carbocycles. The first-order chi connectivity index (χ1) is 7.52. The highest BCUT2D eigenvalue weighted by molar-refractivity contribution is 5.77. The number of ether oxygens (including phenoxy) is 2. The van der Waals surface area contributed by atoms with Gasteiger partial charge in [-0.25, -0.2) is 9.18 Å². The number of esters is 1. The minimum absolute atomic E-state index is 0.0920. The molecule has 1 aromatic rings. The Bertz CT molecular complexity index is 403. The first kappa shape index (κ1) is 12.4. The molecule has 0 radical (unpaired) electrons. The molecule has 0 heterocycles. The summed E-state index contributed by atoms with van der Waals surface area (Å²) in [6.45, 7) is 1.46. The number of aliphatic hydroxyl groups is 1. The van der Waals surface area contributed by atoms with Crippen molar-refractivity contribution >= 4 is 5.97 Å². The largest absolute Gasteiger partial charge is 0.496 e. The first-order valence-corrected chi connectivity index (χ1v) is 4.61. The number of halogens is 1. The van der Waals surface area contributed by atoms with Crippen molar-refractivity contribution in [2.24, 2.45) is 0 Å². The molecule has 0 aliphatic rings. The van der Waals surface area contributed by atoms with E-state index in [1.54, 1.807) is 0 Å². The maximum atomic E-state index is 13.3. The maximum absolute atomic E-state index is 13.3. The Kier molecular flexibility index (Phi) is 3.84. The molecular formula is C11H13FO4. The Morgan fingerprint density at radius 1 is 1.44 bits per heavy atom. The van der Waals surface area contributed by atoms with E-state index in [1.807, 2.05) is 0 Å². The van der Waals surface area contributed by atoms with Crippen LogP contribution in [0.4, 0.5) is 4.39 Å². The van der Waals surface area contributed by atoms with Gasteiger partial charge in [-0.15, -0.1) is 0 Å². The van der Waals surface area contributed by atoms with E-state index in [0.29, 0.717) is 0 Å². The number of methoxy groups -OCH3 is 2. The Hall–Kier alpha value is -1.62. The van der Waals surface area contributed by atoms with Crippen LogP contribution in [-0.2, 0) is 9.53 Å². The number of hydrogen-bond acceptors (Lipinski definition) is 4. The number of benzene rings is 1. The summed E-state index contributed by atoms with van der Waals surface area (Å²) in [5.74, 6) is -1.12. The van der Waals surface area contributed by atoms with Crippen LogP contribution in [0.15, 0.2) is 12.1 Å². The standard InChI is InChI=1S/C11H13FO4/c1-6-7(12)4-5-8(15-2)9(6)10(13)11(14)16-3/h4-5,10,13H,1-3H3. The third-order valence-corrected chi connectivity index (χ3v) is 2.33. The Balaban J connectivity index is 3.29. The number of carbonyl (C=O) groups excluding carboxylic acids is 1. The Morgan fingerprint density at radius 3 is 2.56 bits per heavy atom. The van der Waals surface area contributed by atoms with Crippen LogP contribution in [-0.4, -0.2) is 25.3 Å². The predicted molar refractivity (Wildman–Crippen MR) is 54.7 cm³/mol. The zero-order valence-electron chi connectivity index (χ0n) is 9.28. The van der Waals surface area contributed by atoms with Crippen LogP contribution < -0.4 is 4.74 Å². The molecule has 1 unspecified atom stereocenters. The lowest BCUT2D eigenvalue weighted by Gasteiger charge is -2.15. The number of carbonyl (C=O) groups is 1. The fraction of sp³-hybridized carbons (Fsp3) is 0.364. The van der Waals surface area contributed by atoms with Gasteiger partial charge in [0.25, 0.3) is 0 Å². The number of aliphatic hydroxyl groups excluding tert-OH is 1. The highest BCUT2D eigenvalue weighted by Gasteiger charge is 2.25. The minimum Gasteiger partial charge on any atom is -0.496 e. The van der Waals surface area contributed by atoms with Gasteiger partial charge < -0.3 is 14.6 Å².